The summed E-state index contributed by atoms with van der Waals surface area (Å²) < 4.78 is 15.7. The van der Waals surface area contributed by atoms with E-state index in [1.165, 1.54) is 6.07 Å². The van der Waals surface area contributed by atoms with Crippen molar-refractivity contribution >= 4 is 22.6 Å². The second kappa shape index (κ2) is 5.17. The molecule has 2 heterocycles. The van der Waals surface area contributed by atoms with E-state index in [0.29, 0.717) is 23.7 Å². The van der Waals surface area contributed by atoms with Gasteiger partial charge in [-0.15, -0.1) is 11.6 Å². The van der Waals surface area contributed by atoms with Gasteiger partial charge in [0, 0.05) is 6.20 Å². The first-order valence-electron chi connectivity index (χ1n) is 6.17. The average Bonchev–Trinajstić information content (AvgIpc) is 2.79. The highest BCUT2D eigenvalue weighted by Crippen LogP contribution is 2.21. The van der Waals surface area contributed by atoms with Crippen LogP contribution in [0, 0.1) is 12.7 Å². The van der Waals surface area contributed by atoms with Gasteiger partial charge in [0.25, 0.3) is 0 Å². The maximum absolute atomic E-state index is 13.8. The number of rotatable bonds is 3. The van der Waals surface area contributed by atoms with Crippen molar-refractivity contribution in [1.29, 1.82) is 0 Å². The first kappa shape index (κ1) is 13.0. The first-order valence-corrected chi connectivity index (χ1v) is 6.70. The van der Waals surface area contributed by atoms with Crippen molar-refractivity contribution in [2.75, 3.05) is 0 Å². The van der Waals surface area contributed by atoms with Gasteiger partial charge in [-0.3, -0.25) is 0 Å². The molecule has 3 rings (SSSR count). The Kier molecular flexibility index (Phi) is 3.36. The third kappa shape index (κ3) is 2.25. The zero-order valence-corrected chi connectivity index (χ0v) is 11.6. The molecule has 4 nitrogen and oxygen atoms in total. The lowest BCUT2D eigenvalue weighted by molar-refractivity contribution is 0.637. The quantitative estimate of drug-likeness (QED) is 0.696. The Balaban J connectivity index is 2.12. The van der Waals surface area contributed by atoms with Crippen LogP contribution in [0.5, 0.6) is 0 Å². The highest BCUT2D eigenvalue weighted by atomic mass is 35.5. The highest BCUT2D eigenvalue weighted by Gasteiger charge is 2.13. The molecule has 0 aliphatic carbocycles. The predicted octanol–water partition coefficient (Wildman–Crippen LogP) is 3.06. The predicted molar refractivity (Wildman–Crippen MR) is 75.1 cm³/mol. The van der Waals surface area contributed by atoms with E-state index in [1.807, 2.05) is 23.6 Å². The van der Waals surface area contributed by atoms with Crippen LogP contribution in [0.15, 0.2) is 30.5 Å². The van der Waals surface area contributed by atoms with Gasteiger partial charge >= 0.3 is 0 Å². The van der Waals surface area contributed by atoms with E-state index in [2.05, 4.69) is 15.0 Å². The average molecular weight is 291 g/mol. The number of imidazole rings is 1. The molecule has 0 fully saturated rings. The molecule has 0 aliphatic rings. The fraction of sp³-hybridized carbons (Fsp3) is 0.214. The molecule has 2 aromatic heterocycles. The molecule has 0 amide bonds. The number of alkyl halides is 1. The zero-order valence-electron chi connectivity index (χ0n) is 10.8. The van der Waals surface area contributed by atoms with Gasteiger partial charge in [0.05, 0.1) is 23.6 Å². The van der Waals surface area contributed by atoms with Gasteiger partial charge in [0.1, 0.15) is 17.2 Å². The topological polar surface area (TPSA) is 43.6 Å². The van der Waals surface area contributed by atoms with E-state index in [1.54, 1.807) is 12.3 Å². The smallest absolute Gasteiger partial charge is 0.151 e. The van der Waals surface area contributed by atoms with Gasteiger partial charge in [-0.05, 0) is 25.1 Å². The summed E-state index contributed by atoms with van der Waals surface area (Å²) in [6.07, 6.45) is 1.71. The van der Waals surface area contributed by atoms with E-state index in [-0.39, 0.29) is 11.7 Å². The van der Waals surface area contributed by atoms with Crippen LogP contribution in [0.25, 0.3) is 11.0 Å². The van der Waals surface area contributed by atoms with Crippen molar-refractivity contribution in [2.24, 2.45) is 0 Å². The third-order valence-electron chi connectivity index (χ3n) is 3.08. The van der Waals surface area contributed by atoms with Crippen LogP contribution in [0.3, 0.4) is 0 Å². The molecule has 0 bridgehead atoms. The maximum atomic E-state index is 13.8. The Morgan fingerprint density at radius 3 is 2.85 bits per heavy atom. The van der Waals surface area contributed by atoms with E-state index in [4.69, 9.17) is 11.6 Å². The van der Waals surface area contributed by atoms with Gasteiger partial charge in [-0.1, -0.05) is 6.07 Å². The van der Waals surface area contributed by atoms with Crippen LogP contribution in [0.2, 0.25) is 0 Å². The van der Waals surface area contributed by atoms with Crippen molar-refractivity contribution in [2.45, 2.75) is 19.3 Å². The minimum Gasteiger partial charge on any atom is -0.321 e. The second-order valence-corrected chi connectivity index (χ2v) is 4.72. The fourth-order valence-electron chi connectivity index (χ4n) is 2.19. The number of hydrogen-bond donors (Lipinski definition) is 0. The number of halogens is 2. The Hall–Kier alpha value is -2.01. The van der Waals surface area contributed by atoms with Gasteiger partial charge in [-0.25, -0.2) is 19.3 Å². The van der Waals surface area contributed by atoms with Crippen molar-refractivity contribution in [3.05, 3.63) is 53.6 Å². The maximum Gasteiger partial charge on any atom is 0.151 e. The summed E-state index contributed by atoms with van der Waals surface area (Å²) in [5.41, 5.74) is 1.90. The molecule has 20 heavy (non-hydrogen) atoms. The molecule has 0 N–H and O–H groups in total. The van der Waals surface area contributed by atoms with Crippen molar-refractivity contribution in [3.8, 4) is 0 Å². The molecular weight excluding hydrogens is 279 g/mol. The molecule has 0 saturated carbocycles. The van der Waals surface area contributed by atoms with E-state index in [0.717, 1.165) is 11.2 Å². The van der Waals surface area contributed by atoms with Crippen LogP contribution in [0.1, 0.15) is 17.3 Å². The minimum absolute atomic E-state index is 0.220. The summed E-state index contributed by atoms with van der Waals surface area (Å²) in [6, 6.07) is 6.72. The summed E-state index contributed by atoms with van der Waals surface area (Å²) in [6.45, 7) is 2.32. The van der Waals surface area contributed by atoms with Crippen molar-refractivity contribution in [1.82, 2.24) is 19.5 Å². The standard InChI is InChI=1S/C14H12ClFN4/c1-9-17-6-5-10(18-9)8-20-12-4-2-3-11(16)14(12)19-13(20)7-15/h2-6H,7-8H2,1H3. The number of hydrogen-bond acceptors (Lipinski definition) is 3. The molecule has 6 heteroatoms. The molecule has 0 atom stereocenters. The Bertz CT molecular complexity index is 769. The molecule has 0 spiro atoms. The summed E-state index contributed by atoms with van der Waals surface area (Å²) in [4.78, 5) is 12.7. The fourth-order valence-corrected chi connectivity index (χ4v) is 2.40. The van der Waals surface area contributed by atoms with Gasteiger partial charge in [0.15, 0.2) is 5.82 Å². The van der Waals surface area contributed by atoms with Gasteiger partial charge in [0.2, 0.25) is 0 Å². The Labute approximate surface area is 120 Å². The molecule has 1 aromatic carbocycles. The summed E-state index contributed by atoms with van der Waals surface area (Å²) >= 11 is 5.91. The number of aromatic nitrogens is 4. The van der Waals surface area contributed by atoms with Gasteiger partial charge in [-0.2, -0.15) is 0 Å². The van der Waals surface area contributed by atoms with E-state index < -0.39 is 0 Å². The molecule has 0 saturated heterocycles. The lowest BCUT2D eigenvalue weighted by atomic mass is 10.3. The van der Waals surface area contributed by atoms with Crippen LogP contribution in [-0.4, -0.2) is 19.5 Å². The summed E-state index contributed by atoms with van der Waals surface area (Å²) in [7, 11) is 0. The second-order valence-electron chi connectivity index (χ2n) is 4.45. The van der Waals surface area contributed by atoms with Crippen LogP contribution in [-0.2, 0) is 12.4 Å². The monoisotopic (exact) mass is 290 g/mol. The van der Waals surface area contributed by atoms with E-state index >= 15 is 0 Å². The molecular formula is C14H12ClFN4. The van der Waals surface area contributed by atoms with Crippen LogP contribution in [0.4, 0.5) is 4.39 Å². The molecule has 102 valence electrons. The minimum atomic E-state index is -0.341. The van der Waals surface area contributed by atoms with Crippen LogP contribution >= 0.6 is 11.6 Å². The van der Waals surface area contributed by atoms with Gasteiger partial charge < -0.3 is 4.57 Å². The lowest BCUT2D eigenvalue weighted by Crippen LogP contribution is -2.06. The van der Waals surface area contributed by atoms with E-state index in [9.17, 15) is 4.39 Å². The number of aryl methyl sites for hydroxylation is 1. The Morgan fingerprint density at radius 2 is 2.10 bits per heavy atom. The molecule has 3 aromatic rings. The normalized spacial score (nSPS) is 11.2. The highest BCUT2D eigenvalue weighted by molar-refractivity contribution is 6.16. The lowest BCUT2D eigenvalue weighted by Gasteiger charge is -2.07. The molecule has 0 unspecified atom stereocenters. The Morgan fingerprint density at radius 1 is 1.25 bits per heavy atom. The molecule has 0 radical (unpaired) electrons. The summed E-state index contributed by atoms with van der Waals surface area (Å²) in [5, 5.41) is 0. The third-order valence-corrected chi connectivity index (χ3v) is 3.32. The summed E-state index contributed by atoms with van der Waals surface area (Å²) in [5.74, 6) is 1.21. The molecule has 0 aliphatic heterocycles. The van der Waals surface area contributed by atoms with Crippen LogP contribution < -0.4 is 0 Å². The van der Waals surface area contributed by atoms with Crippen molar-refractivity contribution in [3.63, 3.8) is 0 Å². The van der Waals surface area contributed by atoms with Crippen molar-refractivity contribution < 1.29 is 4.39 Å². The number of fused-ring (bicyclic) bond motifs is 1. The largest absolute Gasteiger partial charge is 0.321 e. The number of benzene rings is 1. The first-order chi connectivity index (χ1) is 9.69. The zero-order chi connectivity index (χ0) is 14.1. The number of para-hydroxylation sites is 1. The number of nitrogens with zero attached hydrogens (tertiary/aromatic N) is 4. The SMILES string of the molecule is Cc1nccc(Cn2c(CCl)nc3c(F)cccc32)n1.